The summed E-state index contributed by atoms with van der Waals surface area (Å²) in [4.78, 5) is 33.9. The molecule has 1 aromatic heterocycles. The van der Waals surface area contributed by atoms with Crippen molar-refractivity contribution < 1.29 is 24.2 Å². The Hall–Kier alpha value is -2.82. The molecule has 2 rings (SSSR count). The first-order valence-electron chi connectivity index (χ1n) is 7.60. The fraction of sp³-hybridized carbons (Fsp3) is 0.188. The number of thiophene rings is 1. The number of halogens is 1. The molecule has 144 valence electrons. The van der Waals surface area contributed by atoms with Crippen molar-refractivity contribution in [3.05, 3.63) is 34.9 Å². The number of amides is 3. The van der Waals surface area contributed by atoms with Crippen molar-refractivity contribution in [3.8, 4) is 16.2 Å². The average Bonchev–Trinajstić information content (AvgIpc) is 2.97. The second-order valence-electron chi connectivity index (χ2n) is 5.43. The molecule has 0 fully saturated rings. The highest BCUT2D eigenvalue weighted by Gasteiger charge is 2.18. The number of ether oxygens (including phenoxy) is 1. The molecular formula is C16H17ClN4O5S. The minimum atomic E-state index is -1.10. The molecular weight excluding hydrogens is 396 g/mol. The van der Waals surface area contributed by atoms with Crippen molar-refractivity contribution >= 4 is 45.8 Å². The molecule has 8 N–H and O–H groups in total. The Morgan fingerprint density at radius 1 is 1.26 bits per heavy atom. The van der Waals surface area contributed by atoms with Gasteiger partial charge in [-0.15, -0.1) is 11.3 Å². The minimum absolute atomic E-state index is 0.112. The zero-order valence-electron chi connectivity index (χ0n) is 13.9. The number of rotatable bonds is 8. The number of anilines is 1. The van der Waals surface area contributed by atoms with Gasteiger partial charge in [-0.25, -0.2) is 4.79 Å². The predicted octanol–water partition coefficient (Wildman–Crippen LogP) is 1.84. The van der Waals surface area contributed by atoms with Crippen molar-refractivity contribution in [3.63, 3.8) is 0 Å². The third-order valence-corrected chi connectivity index (χ3v) is 4.85. The minimum Gasteiger partial charge on any atom is -0.493 e. The van der Waals surface area contributed by atoms with Crippen molar-refractivity contribution in [1.82, 2.24) is 0 Å². The number of hydrogen-bond acceptors (Lipinski definition) is 6. The van der Waals surface area contributed by atoms with Crippen molar-refractivity contribution in [2.45, 2.75) is 12.5 Å². The Morgan fingerprint density at radius 2 is 1.96 bits per heavy atom. The summed E-state index contributed by atoms with van der Waals surface area (Å²) < 4.78 is 5.45. The van der Waals surface area contributed by atoms with E-state index in [1.165, 1.54) is 6.07 Å². The second-order valence-corrected chi connectivity index (χ2v) is 6.89. The maximum atomic E-state index is 11.5. The van der Waals surface area contributed by atoms with Crippen LogP contribution in [0.15, 0.2) is 24.3 Å². The highest BCUT2D eigenvalue weighted by molar-refractivity contribution is 7.20. The van der Waals surface area contributed by atoms with E-state index >= 15 is 0 Å². The van der Waals surface area contributed by atoms with Gasteiger partial charge in [0.1, 0.15) is 16.8 Å². The molecule has 27 heavy (non-hydrogen) atoms. The highest BCUT2D eigenvalue weighted by atomic mass is 35.5. The Morgan fingerprint density at radius 3 is 2.52 bits per heavy atom. The normalized spacial score (nSPS) is 11.6. The Kier molecular flexibility index (Phi) is 6.61. The van der Waals surface area contributed by atoms with Gasteiger partial charge in [0.15, 0.2) is 0 Å². The number of carboxylic acid groups (broad SMARTS) is 1. The van der Waals surface area contributed by atoms with Crippen LogP contribution in [-0.2, 0) is 4.79 Å². The molecule has 0 aliphatic heterocycles. The van der Waals surface area contributed by atoms with E-state index in [2.05, 4.69) is 5.32 Å². The zero-order valence-corrected chi connectivity index (χ0v) is 15.5. The van der Waals surface area contributed by atoms with Crippen LogP contribution in [0.4, 0.5) is 9.80 Å². The second kappa shape index (κ2) is 8.71. The monoisotopic (exact) mass is 412 g/mol. The average molecular weight is 413 g/mol. The number of aliphatic carboxylic acids is 1. The quantitative estimate of drug-likeness (QED) is 0.442. The fourth-order valence-corrected chi connectivity index (χ4v) is 3.56. The molecule has 0 saturated carbocycles. The van der Waals surface area contributed by atoms with Crippen LogP contribution in [0.1, 0.15) is 16.8 Å². The van der Waals surface area contributed by atoms with Crippen LogP contribution < -0.4 is 27.3 Å². The zero-order chi connectivity index (χ0) is 20.1. The number of urea groups is 1. The molecule has 0 saturated heterocycles. The fourth-order valence-electron chi connectivity index (χ4n) is 2.12. The molecule has 0 radical (unpaired) electrons. The standard InChI is InChI=1S/C16H17ClN4O5S/c17-10-5-7(26-4-3-11(18)15(23)24)1-2-8(10)12-6-9(13(19)22)14(27-12)21-16(20)25/h1-2,5-6,11H,3-4,18H2,(H2,19,22)(H,23,24)(H3,20,21,25)/t11-/m0/s1. The number of carbonyl (C=O) groups excluding carboxylic acids is 2. The molecule has 3 amide bonds. The summed E-state index contributed by atoms with van der Waals surface area (Å²) in [5, 5.41) is 11.6. The van der Waals surface area contributed by atoms with E-state index in [0.29, 0.717) is 21.2 Å². The summed E-state index contributed by atoms with van der Waals surface area (Å²) in [5.41, 5.74) is 16.5. The number of benzene rings is 1. The molecule has 0 aliphatic rings. The van der Waals surface area contributed by atoms with Crippen LogP contribution >= 0.6 is 22.9 Å². The van der Waals surface area contributed by atoms with Crippen LogP contribution in [-0.4, -0.2) is 35.7 Å². The van der Waals surface area contributed by atoms with E-state index in [0.717, 1.165) is 11.3 Å². The van der Waals surface area contributed by atoms with Gasteiger partial charge in [-0.1, -0.05) is 11.6 Å². The van der Waals surface area contributed by atoms with Gasteiger partial charge in [0.25, 0.3) is 5.91 Å². The lowest BCUT2D eigenvalue weighted by molar-refractivity contribution is -0.138. The Labute approximate surface area is 163 Å². The summed E-state index contributed by atoms with van der Waals surface area (Å²) in [7, 11) is 0. The predicted molar refractivity (Wildman–Crippen MR) is 102 cm³/mol. The molecule has 11 heteroatoms. The third-order valence-electron chi connectivity index (χ3n) is 3.46. The van der Waals surface area contributed by atoms with Gasteiger partial charge >= 0.3 is 12.0 Å². The van der Waals surface area contributed by atoms with Crippen LogP contribution in [0.25, 0.3) is 10.4 Å². The van der Waals surface area contributed by atoms with Crippen molar-refractivity contribution in [2.24, 2.45) is 17.2 Å². The van der Waals surface area contributed by atoms with E-state index in [9.17, 15) is 14.4 Å². The Balaban J connectivity index is 2.19. The van der Waals surface area contributed by atoms with Gasteiger partial charge in [-0.3, -0.25) is 14.9 Å². The molecule has 0 spiro atoms. The van der Waals surface area contributed by atoms with Gasteiger partial charge in [-0.05, 0) is 24.3 Å². The number of primary amides is 2. The number of carbonyl (C=O) groups is 3. The largest absolute Gasteiger partial charge is 0.493 e. The highest BCUT2D eigenvalue weighted by Crippen LogP contribution is 2.39. The maximum Gasteiger partial charge on any atom is 0.320 e. The van der Waals surface area contributed by atoms with E-state index in [1.54, 1.807) is 18.2 Å². The smallest absolute Gasteiger partial charge is 0.320 e. The topological polar surface area (TPSA) is 171 Å². The number of nitrogens with one attached hydrogen (secondary N) is 1. The molecule has 0 unspecified atom stereocenters. The van der Waals surface area contributed by atoms with E-state index in [1.807, 2.05) is 0 Å². The van der Waals surface area contributed by atoms with Crippen LogP contribution in [0, 0.1) is 0 Å². The van der Waals surface area contributed by atoms with Gasteiger partial charge < -0.3 is 27.0 Å². The van der Waals surface area contributed by atoms with Gasteiger partial charge in [0.2, 0.25) is 0 Å². The van der Waals surface area contributed by atoms with E-state index in [4.69, 9.17) is 38.6 Å². The molecule has 0 bridgehead atoms. The molecule has 1 aromatic carbocycles. The molecule has 0 aliphatic carbocycles. The summed E-state index contributed by atoms with van der Waals surface area (Å²) in [6.45, 7) is 0.112. The number of nitrogens with two attached hydrogens (primary N) is 3. The van der Waals surface area contributed by atoms with Crippen LogP contribution in [0.5, 0.6) is 5.75 Å². The first kappa shape index (κ1) is 20.5. The van der Waals surface area contributed by atoms with Gasteiger partial charge in [0.05, 0.1) is 17.2 Å². The summed E-state index contributed by atoms with van der Waals surface area (Å²) in [6.07, 6.45) is 0.143. The van der Waals surface area contributed by atoms with Gasteiger partial charge in [-0.2, -0.15) is 0 Å². The summed E-state index contributed by atoms with van der Waals surface area (Å²) >= 11 is 7.38. The first-order chi connectivity index (χ1) is 12.7. The number of carboxylic acids is 1. The third kappa shape index (κ3) is 5.33. The summed E-state index contributed by atoms with van der Waals surface area (Å²) in [6, 6.07) is 4.53. The molecule has 2 aromatic rings. The first-order valence-corrected chi connectivity index (χ1v) is 8.79. The molecule has 1 atom stereocenters. The SMILES string of the molecule is NC(=O)Nc1sc(-c2ccc(OCC[C@H](N)C(=O)O)cc2Cl)cc1C(N)=O. The lowest BCUT2D eigenvalue weighted by Gasteiger charge is -2.10. The maximum absolute atomic E-state index is 11.5. The van der Waals surface area contributed by atoms with Gasteiger partial charge in [0, 0.05) is 16.9 Å². The van der Waals surface area contributed by atoms with Crippen molar-refractivity contribution in [2.75, 3.05) is 11.9 Å². The Bertz CT molecular complexity index is 886. The molecule has 9 nitrogen and oxygen atoms in total. The van der Waals surface area contributed by atoms with E-state index < -0.39 is 23.9 Å². The lowest BCUT2D eigenvalue weighted by atomic mass is 10.1. The summed E-state index contributed by atoms with van der Waals surface area (Å²) in [5.74, 6) is -1.38. The lowest BCUT2D eigenvalue weighted by Crippen LogP contribution is -2.31. The molecule has 1 heterocycles. The van der Waals surface area contributed by atoms with E-state index in [-0.39, 0.29) is 23.6 Å². The van der Waals surface area contributed by atoms with Crippen molar-refractivity contribution in [1.29, 1.82) is 0 Å². The van der Waals surface area contributed by atoms with Crippen LogP contribution in [0.3, 0.4) is 0 Å². The number of hydrogen-bond donors (Lipinski definition) is 5. The van der Waals surface area contributed by atoms with Crippen LogP contribution in [0.2, 0.25) is 5.02 Å².